The number of amides is 1. The third kappa shape index (κ3) is 5.04. The summed E-state index contributed by atoms with van der Waals surface area (Å²) in [6.07, 6.45) is -0.206. The van der Waals surface area contributed by atoms with Crippen LogP contribution in [0.4, 0.5) is 23.7 Å². The fourth-order valence-electron chi connectivity index (χ4n) is 2.42. The summed E-state index contributed by atoms with van der Waals surface area (Å²) >= 11 is 0. The van der Waals surface area contributed by atoms with E-state index in [4.69, 9.17) is 4.74 Å². The monoisotopic (exact) mass is 343 g/mol. The van der Waals surface area contributed by atoms with Gasteiger partial charge in [0, 0.05) is 32.1 Å². The second-order valence-electron chi connectivity index (χ2n) is 6.73. The number of alkyl carbamates (subject to hydrolysis) is 1. The molecule has 1 heterocycles. The number of carbonyl (C=O) groups is 1. The first-order valence-electron chi connectivity index (χ1n) is 7.83. The van der Waals surface area contributed by atoms with E-state index in [9.17, 15) is 18.0 Å². The first kappa shape index (κ1) is 18.4. The highest BCUT2D eigenvalue weighted by Gasteiger charge is 2.25. The van der Waals surface area contributed by atoms with E-state index < -0.39 is 29.5 Å². The van der Waals surface area contributed by atoms with Gasteiger partial charge in [-0.2, -0.15) is 0 Å². The van der Waals surface area contributed by atoms with Crippen molar-refractivity contribution >= 4 is 11.8 Å². The summed E-state index contributed by atoms with van der Waals surface area (Å²) in [5.74, 6) is -1.19. The van der Waals surface area contributed by atoms with Crippen molar-refractivity contribution in [1.29, 1.82) is 0 Å². The van der Waals surface area contributed by atoms with Crippen molar-refractivity contribution in [3.8, 4) is 0 Å². The third-order valence-corrected chi connectivity index (χ3v) is 3.50. The van der Waals surface area contributed by atoms with Crippen molar-refractivity contribution in [2.75, 3.05) is 24.5 Å². The molecule has 1 aromatic carbocycles. The largest absolute Gasteiger partial charge is 0.444 e. The average Bonchev–Trinajstić information content (AvgIpc) is 2.86. The minimum absolute atomic E-state index is 0.0237. The van der Waals surface area contributed by atoms with Crippen molar-refractivity contribution in [2.24, 2.45) is 0 Å². The number of nitrogens with zero attached hydrogens (tertiary/aromatic N) is 1. The summed E-state index contributed by atoms with van der Waals surface area (Å²) in [5, 5.41) is 2.49. The Kier molecular flexibility index (Phi) is 5.62. The van der Waals surface area contributed by atoms with Gasteiger partial charge in [-0.15, -0.1) is 0 Å². The molecule has 1 aliphatic heterocycles. The molecule has 1 amide bonds. The van der Waals surface area contributed by atoms with Crippen LogP contribution in [0.5, 0.6) is 0 Å². The van der Waals surface area contributed by atoms with Crippen LogP contribution in [0.2, 0.25) is 0 Å². The molecule has 0 aromatic heterocycles. The predicted octanol–water partition coefficient (Wildman–Crippen LogP) is 3.39. The number of nitrogens with one attached hydrogen (secondary N) is 1. The highest BCUT2D eigenvalue weighted by Crippen LogP contribution is 2.27. The molecule has 1 radical (unpaired) electrons. The fraction of sp³-hybridized carbons (Fsp3) is 0.529. The topological polar surface area (TPSA) is 41.6 Å². The molecule has 1 atom stereocenters. The van der Waals surface area contributed by atoms with Crippen LogP contribution in [0.3, 0.4) is 0 Å². The van der Waals surface area contributed by atoms with E-state index in [1.54, 1.807) is 20.8 Å². The normalized spacial score (nSPS) is 17.9. The molecule has 24 heavy (non-hydrogen) atoms. The van der Waals surface area contributed by atoms with Crippen molar-refractivity contribution < 1.29 is 22.7 Å². The molecule has 0 bridgehead atoms. The lowest BCUT2D eigenvalue weighted by Crippen LogP contribution is -2.33. The van der Waals surface area contributed by atoms with Crippen molar-refractivity contribution in [3.05, 3.63) is 35.8 Å². The molecule has 1 fully saturated rings. The molecular weight excluding hydrogens is 321 g/mol. The molecule has 133 valence electrons. The van der Waals surface area contributed by atoms with E-state index in [1.807, 2.05) is 0 Å². The Hall–Kier alpha value is -1.92. The zero-order valence-electron chi connectivity index (χ0n) is 14.0. The lowest BCUT2D eigenvalue weighted by Gasteiger charge is -2.20. The summed E-state index contributed by atoms with van der Waals surface area (Å²) < 4.78 is 46.5. The van der Waals surface area contributed by atoms with Gasteiger partial charge in [0.1, 0.15) is 23.4 Å². The molecule has 1 saturated heterocycles. The van der Waals surface area contributed by atoms with Gasteiger partial charge < -0.3 is 15.0 Å². The Bertz CT molecular complexity index is 602. The Morgan fingerprint density at radius 2 is 2.04 bits per heavy atom. The number of hydrogen-bond donors (Lipinski definition) is 1. The van der Waals surface area contributed by atoms with Crippen molar-refractivity contribution in [2.45, 2.75) is 39.0 Å². The highest BCUT2D eigenvalue weighted by molar-refractivity contribution is 5.67. The number of ether oxygens (including phenoxy) is 1. The number of halogens is 3. The molecule has 0 aliphatic carbocycles. The zero-order chi connectivity index (χ0) is 17.9. The Morgan fingerprint density at radius 1 is 1.33 bits per heavy atom. The van der Waals surface area contributed by atoms with Crippen LogP contribution in [0.15, 0.2) is 12.1 Å². The highest BCUT2D eigenvalue weighted by atomic mass is 19.1. The van der Waals surface area contributed by atoms with Crippen LogP contribution < -0.4 is 10.2 Å². The molecular formula is C17H22F3N2O2. The van der Waals surface area contributed by atoms with Gasteiger partial charge >= 0.3 is 6.09 Å². The van der Waals surface area contributed by atoms with E-state index in [0.29, 0.717) is 0 Å². The van der Waals surface area contributed by atoms with Gasteiger partial charge in [-0.25, -0.2) is 18.0 Å². The van der Waals surface area contributed by atoms with Gasteiger partial charge in [-0.05, 0) is 38.8 Å². The number of hydrogen-bond acceptors (Lipinski definition) is 3. The molecule has 1 unspecified atom stereocenters. The van der Waals surface area contributed by atoms with Gasteiger partial charge in [0.25, 0.3) is 0 Å². The predicted molar refractivity (Wildman–Crippen MR) is 85.7 cm³/mol. The number of anilines is 1. The smallest absolute Gasteiger partial charge is 0.407 e. The van der Waals surface area contributed by atoms with Crippen LogP contribution in [0.25, 0.3) is 0 Å². The average molecular weight is 343 g/mol. The van der Waals surface area contributed by atoms with E-state index in [0.717, 1.165) is 12.1 Å². The Morgan fingerprint density at radius 3 is 2.62 bits per heavy atom. The van der Waals surface area contributed by atoms with Crippen LogP contribution >= 0.6 is 0 Å². The molecule has 7 heteroatoms. The first-order valence-corrected chi connectivity index (χ1v) is 7.83. The summed E-state index contributed by atoms with van der Waals surface area (Å²) in [6.45, 7) is 5.59. The minimum atomic E-state index is -1.13. The van der Waals surface area contributed by atoms with Crippen molar-refractivity contribution in [3.63, 3.8) is 0 Å². The lowest BCUT2D eigenvalue weighted by atomic mass is 10.1. The molecule has 1 N–H and O–H groups in total. The van der Waals surface area contributed by atoms with Gasteiger partial charge in [-0.3, -0.25) is 0 Å². The van der Waals surface area contributed by atoms with E-state index in [1.165, 1.54) is 11.3 Å². The second kappa shape index (κ2) is 7.32. The number of alkyl halides is 1. The molecule has 1 aliphatic rings. The molecule has 2 rings (SSSR count). The quantitative estimate of drug-likeness (QED) is 0.911. The van der Waals surface area contributed by atoms with Crippen LogP contribution in [-0.4, -0.2) is 37.5 Å². The lowest BCUT2D eigenvalue weighted by molar-refractivity contribution is 0.0528. The van der Waals surface area contributed by atoms with Crippen LogP contribution in [0.1, 0.15) is 26.3 Å². The SMILES string of the molecule is CC(C)(C)OC(=O)NCCc1cc(F)c(N2C[CH]C(F)C2)cc1F. The second-order valence-corrected chi connectivity index (χ2v) is 6.73. The van der Waals surface area contributed by atoms with E-state index in [-0.39, 0.29) is 37.3 Å². The maximum Gasteiger partial charge on any atom is 0.407 e. The molecule has 0 spiro atoms. The van der Waals surface area contributed by atoms with Gasteiger partial charge in [-0.1, -0.05) is 0 Å². The zero-order valence-corrected chi connectivity index (χ0v) is 14.0. The summed E-state index contributed by atoms with van der Waals surface area (Å²) in [7, 11) is 0. The van der Waals surface area contributed by atoms with Gasteiger partial charge in [0.05, 0.1) is 5.69 Å². The minimum Gasteiger partial charge on any atom is -0.444 e. The maximum atomic E-state index is 14.2. The van der Waals surface area contributed by atoms with Crippen LogP contribution in [0, 0.1) is 18.1 Å². The van der Waals surface area contributed by atoms with Gasteiger partial charge in [0.2, 0.25) is 0 Å². The maximum absolute atomic E-state index is 14.2. The molecule has 0 saturated carbocycles. The Balaban J connectivity index is 1.94. The van der Waals surface area contributed by atoms with E-state index >= 15 is 0 Å². The third-order valence-electron chi connectivity index (χ3n) is 3.50. The van der Waals surface area contributed by atoms with Crippen LogP contribution in [-0.2, 0) is 11.2 Å². The first-order chi connectivity index (χ1) is 11.2. The number of benzene rings is 1. The molecule has 4 nitrogen and oxygen atoms in total. The summed E-state index contributed by atoms with van der Waals surface area (Å²) in [6, 6.07) is 2.16. The Labute approximate surface area is 140 Å². The fourth-order valence-corrected chi connectivity index (χ4v) is 2.42. The molecule has 1 aromatic rings. The number of rotatable bonds is 4. The standard InChI is InChI=1S/C17H22F3N2O2/c1-17(2,3)24-16(23)21-6-4-11-8-14(20)15(9-13(11)19)22-7-5-12(18)10-22/h5,8-9,12H,4,6-7,10H2,1-3H3,(H,21,23). The van der Waals surface area contributed by atoms with Crippen molar-refractivity contribution in [1.82, 2.24) is 5.32 Å². The summed E-state index contributed by atoms with van der Waals surface area (Å²) in [5.41, 5.74) is -0.426. The van der Waals surface area contributed by atoms with E-state index in [2.05, 4.69) is 5.32 Å². The summed E-state index contributed by atoms with van der Waals surface area (Å²) in [4.78, 5) is 13.0. The van der Waals surface area contributed by atoms with Gasteiger partial charge in [0.15, 0.2) is 0 Å². The number of carbonyl (C=O) groups excluding carboxylic acids is 1.